The van der Waals surface area contributed by atoms with Gasteiger partial charge in [0.1, 0.15) is 0 Å². The van der Waals surface area contributed by atoms with Crippen LogP contribution >= 0.6 is 10.7 Å². The van der Waals surface area contributed by atoms with Gasteiger partial charge in [0.2, 0.25) is 0 Å². The number of carbonyl (C=O) groups excluding carboxylic acids is 1. The van der Waals surface area contributed by atoms with Gasteiger partial charge < -0.3 is 4.90 Å². The average Bonchev–Trinajstić information content (AvgIpc) is 2.47. The number of piperidine rings is 1. The molecule has 0 bridgehead atoms. The minimum atomic E-state index is -3.74. The van der Waals surface area contributed by atoms with Gasteiger partial charge in [0.05, 0.1) is 4.90 Å². The van der Waals surface area contributed by atoms with E-state index >= 15 is 0 Å². The Labute approximate surface area is 130 Å². The number of carbonyl (C=O) groups is 1. The SMILES string of the molecule is CCCC1CCN(C(=O)c2ccc(S(=O)(=O)Cl)cc2)CC1. The van der Waals surface area contributed by atoms with E-state index in [1.807, 2.05) is 4.90 Å². The molecule has 1 aromatic rings. The van der Waals surface area contributed by atoms with Crippen LogP contribution in [0.25, 0.3) is 0 Å². The van der Waals surface area contributed by atoms with E-state index in [0.29, 0.717) is 5.56 Å². The van der Waals surface area contributed by atoms with Crippen molar-refractivity contribution < 1.29 is 13.2 Å². The summed E-state index contributed by atoms with van der Waals surface area (Å²) < 4.78 is 22.4. The first-order valence-electron chi connectivity index (χ1n) is 7.26. The Balaban J connectivity index is 2.01. The lowest BCUT2D eigenvalue weighted by molar-refractivity contribution is 0.0686. The maximum Gasteiger partial charge on any atom is 0.261 e. The highest BCUT2D eigenvalue weighted by molar-refractivity contribution is 8.13. The third-order valence-corrected chi connectivity index (χ3v) is 5.35. The molecule has 0 aliphatic carbocycles. The molecule has 0 N–H and O–H groups in total. The van der Waals surface area contributed by atoms with Crippen molar-refractivity contribution in [2.45, 2.75) is 37.5 Å². The van der Waals surface area contributed by atoms with Gasteiger partial charge in [-0.3, -0.25) is 4.79 Å². The molecule has 1 aromatic carbocycles. The number of halogens is 1. The van der Waals surface area contributed by atoms with Crippen LogP contribution in [0.5, 0.6) is 0 Å². The standard InChI is InChI=1S/C15H20ClNO3S/c1-2-3-12-8-10-17(11-9-12)15(18)13-4-6-14(7-5-13)21(16,19)20/h4-7,12H,2-3,8-11H2,1H3. The van der Waals surface area contributed by atoms with Crippen molar-refractivity contribution in [2.24, 2.45) is 5.92 Å². The fraction of sp³-hybridized carbons (Fsp3) is 0.533. The molecule has 116 valence electrons. The van der Waals surface area contributed by atoms with Crippen molar-refractivity contribution in [1.29, 1.82) is 0 Å². The number of rotatable bonds is 4. The molecule has 4 nitrogen and oxygen atoms in total. The van der Waals surface area contributed by atoms with Gasteiger partial charge in [0, 0.05) is 29.3 Å². The van der Waals surface area contributed by atoms with Gasteiger partial charge in [0.25, 0.3) is 15.0 Å². The predicted molar refractivity (Wildman–Crippen MR) is 83.0 cm³/mol. The molecule has 0 unspecified atom stereocenters. The first-order chi connectivity index (χ1) is 9.91. The number of nitrogens with zero attached hydrogens (tertiary/aromatic N) is 1. The van der Waals surface area contributed by atoms with Crippen molar-refractivity contribution in [3.8, 4) is 0 Å². The third-order valence-electron chi connectivity index (χ3n) is 3.98. The van der Waals surface area contributed by atoms with Crippen molar-refractivity contribution in [2.75, 3.05) is 13.1 Å². The molecule has 1 heterocycles. The van der Waals surface area contributed by atoms with Crippen LogP contribution in [-0.4, -0.2) is 32.3 Å². The van der Waals surface area contributed by atoms with Crippen molar-refractivity contribution in [3.05, 3.63) is 29.8 Å². The number of likely N-dealkylation sites (tertiary alicyclic amines) is 1. The van der Waals surface area contributed by atoms with E-state index in [-0.39, 0.29) is 10.8 Å². The van der Waals surface area contributed by atoms with Crippen molar-refractivity contribution in [1.82, 2.24) is 4.90 Å². The van der Waals surface area contributed by atoms with Gasteiger partial charge in [-0.05, 0) is 43.0 Å². The van der Waals surface area contributed by atoms with Crippen LogP contribution in [0.1, 0.15) is 43.0 Å². The molecule has 1 fully saturated rings. The summed E-state index contributed by atoms with van der Waals surface area (Å²) in [6.45, 7) is 3.74. The third kappa shape index (κ3) is 4.20. The van der Waals surface area contributed by atoms with E-state index in [1.54, 1.807) is 0 Å². The molecule has 1 saturated heterocycles. The summed E-state index contributed by atoms with van der Waals surface area (Å²) in [5.41, 5.74) is 0.507. The average molecular weight is 330 g/mol. The van der Waals surface area contributed by atoms with Crippen LogP contribution in [0.15, 0.2) is 29.2 Å². The second-order valence-corrected chi connectivity index (χ2v) is 8.05. The van der Waals surface area contributed by atoms with Crippen LogP contribution in [0.4, 0.5) is 0 Å². The molecule has 0 radical (unpaired) electrons. The zero-order chi connectivity index (χ0) is 15.5. The van der Waals surface area contributed by atoms with Gasteiger partial charge in [-0.1, -0.05) is 19.8 Å². The van der Waals surface area contributed by atoms with Crippen LogP contribution in [0, 0.1) is 5.92 Å². The molecule has 0 atom stereocenters. The topological polar surface area (TPSA) is 54.5 Å². The second-order valence-electron chi connectivity index (χ2n) is 5.49. The Morgan fingerprint density at radius 3 is 2.29 bits per heavy atom. The summed E-state index contributed by atoms with van der Waals surface area (Å²) in [6, 6.07) is 5.80. The fourth-order valence-electron chi connectivity index (χ4n) is 2.78. The lowest BCUT2D eigenvalue weighted by atomic mass is 9.92. The summed E-state index contributed by atoms with van der Waals surface area (Å²) in [6.07, 6.45) is 4.51. The normalized spacial score (nSPS) is 17.0. The predicted octanol–water partition coefficient (Wildman–Crippen LogP) is 3.27. The zero-order valence-electron chi connectivity index (χ0n) is 12.1. The molecule has 6 heteroatoms. The van der Waals surface area contributed by atoms with Crippen LogP contribution in [-0.2, 0) is 9.05 Å². The highest BCUT2D eigenvalue weighted by Crippen LogP contribution is 2.23. The first kappa shape index (κ1) is 16.3. The Hall–Kier alpha value is -1.07. The zero-order valence-corrected chi connectivity index (χ0v) is 13.7. The number of benzene rings is 1. The van der Waals surface area contributed by atoms with E-state index in [9.17, 15) is 13.2 Å². The van der Waals surface area contributed by atoms with Crippen LogP contribution in [0.3, 0.4) is 0 Å². The largest absolute Gasteiger partial charge is 0.339 e. The van der Waals surface area contributed by atoms with Crippen molar-refractivity contribution >= 4 is 25.6 Å². The Kier molecular flexibility index (Phi) is 5.27. The van der Waals surface area contributed by atoms with Gasteiger partial charge in [-0.25, -0.2) is 8.42 Å². The van der Waals surface area contributed by atoms with Gasteiger partial charge in [0.15, 0.2) is 0 Å². The molecule has 1 amide bonds. The summed E-state index contributed by atoms with van der Waals surface area (Å²) in [7, 11) is 1.53. The van der Waals surface area contributed by atoms with Crippen LogP contribution in [0.2, 0.25) is 0 Å². The lowest BCUT2D eigenvalue weighted by Crippen LogP contribution is -2.38. The number of amides is 1. The summed E-state index contributed by atoms with van der Waals surface area (Å²) in [4.78, 5) is 14.2. The number of hydrogen-bond donors (Lipinski definition) is 0. The van der Waals surface area contributed by atoms with Crippen LogP contribution < -0.4 is 0 Å². The Morgan fingerprint density at radius 2 is 1.81 bits per heavy atom. The molecule has 2 rings (SSSR count). The Morgan fingerprint density at radius 1 is 1.24 bits per heavy atom. The van der Waals surface area contributed by atoms with Gasteiger partial charge in [-0.15, -0.1) is 0 Å². The first-order valence-corrected chi connectivity index (χ1v) is 9.56. The van der Waals surface area contributed by atoms with E-state index in [2.05, 4.69) is 6.92 Å². The molecular formula is C15H20ClNO3S. The number of hydrogen-bond acceptors (Lipinski definition) is 3. The maximum atomic E-state index is 12.4. The summed E-state index contributed by atoms with van der Waals surface area (Å²) >= 11 is 0. The molecule has 21 heavy (non-hydrogen) atoms. The van der Waals surface area contributed by atoms with E-state index in [0.717, 1.165) is 31.8 Å². The van der Waals surface area contributed by atoms with E-state index < -0.39 is 9.05 Å². The molecular weight excluding hydrogens is 310 g/mol. The van der Waals surface area contributed by atoms with Gasteiger partial charge >= 0.3 is 0 Å². The smallest absolute Gasteiger partial charge is 0.261 e. The van der Waals surface area contributed by atoms with Gasteiger partial charge in [-0.2, -0.15) is 0 Å². The second kappa shape index (κ2) is 6.79. The Bertz CT molecular complexity index is 590. The lowest BCUT2D eigenvalue weighted by Gasteiger charge is -2.32. The molecule has 1 aliphatic heterocycles. The minimum absolute atomic E-state index is 0.0161. The quantitative estimate of drug-likeness (QED) is 0.797. The molecule has 0 saturated carbocycles. The summed E-state index contributed by atoms with van der Waals surface area (Å²) in [5, 5.41) is 0. The molecule has 1 aliphatic rings. The highest BCUT2D eigenvalue weighted by Gasteiger charge is 2.23. The van der Waals surface area contributed by atoms with Crippen molar-refractivity contribution in [3.63, 3.8) is 0 Å². The highest BCUT2D eigenvalue weighted by atomic mass is 35.7. The monoisotopic (exact) mass is 329 g/mol. The molecule has 0 aromatic heterocycles. The minimum Gasteiger partial charge on any atom is -0.339 e. The van der Waals surface area contributed by atoms with E-state index in [4.69, 9.17) is 10.7 Å². The fourth-order valence-corrected chi connectivity index (χ4v) is 3.55. The molecule has 0 spiro atoms. The summed E-state index contributed by atoms with van der Waals surface area (Å²) in [5.74, 6) is 0.686. The maximum absolute atomic E-state index is 12.4. The van der Waals surface area contributed by atoms with E-state index in [1.165, 1.54) is 37.1 Å².